The molecule has 1 amide bonds. The monoisotopic (exact) mass is 235 g/mol. The molecule has 1 N–H and O–H groups in total. The molecule has 1 aromatic carbocycles. The van der Waals surface area contributed by atoms with Crippen LogP contribution in [0.3, 0.4) is 0 Å². The predicted molar refractivity (Wildman–Crippen MR) is 66.1 cm³/mol. The van der Waals surface area contributed by atoms with Crippen molar-refractivity contribution < 1.29 is 14.3 Å². The fourth-order valence-electron chi connectivity index (χ4n) is 1.41. The van der Waals surface area contributed by atoms with Gasteiger partial charge in [-0.05, 0) is 19.1 Å². The van der Waals surface area contributed by atoms with Crippen molar-refractivity contribution in [3.8, 4) is 5.75 Å². The van der Waals surface area contributed by atoms with E-state index in [1.807, 2.05) is 0 Å². The van der Waals surface area contributed by atoms with Crippen molar-refractivity contribution in [2.24, 2.45) is 0 Å². The van der Waals surface area contributed by atoms with Gasteiger partial charge in [-0.2, -0.15) is 0 Å². The minimum Gasteiger partial charge on any atom is -0.481 e. The summed E-state index contributed by atoms with van der Waals surface area (Å²) in [5.74, 6) is 0.371. The predicted octanol–water partition coefficient (Wildman–Crippen LogP) is 2.39. The van der Waals surface area contributed by atoms with Crippen LogP contribution in [-0.2, 0) is 9.59 Å². The Hall–Kier alpha value is -1.84. The fraction of sp³-hybridized carbons (Fsp3) is 0.385. The number of ketones is 1. The normalized spacial score (nSPS) is 11.7. The summed E-state index contributed by atoms with van der Waals surface area (Å²) in [6.07, 6.45) is -0.0707. The largest absolute Gasteiger partial charge is 0.481 e. The third kappa shape index (κ3) is 3.90. The van der Waals surface area contributed by atoms with Gasteiger partial charge in [-0.25, -0.2) is 0 Å². The van der Waals surface area contributed by atoms with E-state index < -0.39 is 6.10 Å². The average molecular weight is 235 g/mol. The molecule has 0 fully saturated rings. The molecule has 0 aromatic heterocycles. The van der Waals surface area contributed by atoms with Crippen LogP contribution in [0, 0.1) is 0 Å². The summed E-state index contributed by atoms with van der Waals surface area (Å²) in [5, 5.41) is 2.66. The molecule has 1 aromatic rings. The van der Waals surface area contributed by atoms with Crippen LogP contribution in [0.15, 0.2) is 24.3 Å². The van der Waals surface area contributed by atoms with Crippen LogP contribution in [-0.4, -0.2) is 17.8 Å². The second kappa shape index (κ2) is 6.03. The summed E-state index contributed by atoms with van der Waals surface area (Å²) >= 11 is 0. The lowest BCUT2D eigenvalue weighted by atomic mass is 10.2. The van der Waals surface area contributed by atoms with Gasteiger partial charge in [-0.1, -0.05) is 19.1 Å². The Morgan fingerprint density at radius 3 is 2.59 bits per heavy atom. The minimum atomic E-state index is -0.505. The van der Waals surface area contributed by atoms with Gasteiger partial charge in [0.25, 0.3) is 0 Å². The van der Waals surface area contributed by atoms with E-state index >= 15 is 0 Å². The molecule has 0 radical (unpaired) electrons. The topological polar surface area (TPSA) is 55.4 Å². The lowest BCUT2D eigenvalue weighted by molar-refractivity contribution is -0.124. The third-order valence-electron chi connectivity index (χ3n) is 2.30. The number of rotatable bonds is 5. The van der Waals surface area contributed by atoms with Gasteiger partial charge in [0, 0.05) is 13.3 Å². The fourth-order valence-corrected chi connectivity index (χ4v) is 1.41. The number of nitrogens with one attached hydrogen (secondary N) is 1. The highest BCUT2D eigenvalue weighted by atomic mass is 16.5. The molecule has 4 heteroatoms. The van der Waals surface area contributed by atoms with Crippen LogP contribution in [0.4, 0.5) is 5.69 Å². The van der Waals surface area contributed by atoms with Crippen molar-refractivity contribution in [1.82, 2.24) is 0 Å². The van der Waals surface area contributed by atoms with E-state index in [4.69, 9.17) is 4.74 Å². The molecular formula is C13H17NO3. The van der Waals surface area contributed by atoms with Gasteiger partial charge in [0.15, 0.2) is 11.9 Å². The van der Waals surface area contributed by atoms with E-state index in [2.05, 4.69) is 5.32 Å². The summed E-state index contributed by atoms with van der Waals surface area (Å²) in [5.41, 5.74) is 0.579. The van der Waals surface area contributed by atoms with Gasteiger partial charge in [0.1, 0.15) is 5.75 Å². The summed E-state index contributed by atoms with van der Waals surface area (Å²) in [7, 11) is 0. The lowest BCUT2D eigenvalue weighted by Gasteiger charge is -2.16. The molecular weight excluding hydrogens is 218 g/mol. The molecule has 1 atom stereocenters. The molecule has 0 saturated carbocycles. The number of carbonyl (C=O) groups is 2. The minimum absolute atomic E-state index is 0.0302. The number of hydrogen-bond acceptors (Lipinski definition) is 3. The molecule has 0 saturated heterocycles. The van der Waals surface area contributed by atoms with E-state index in [0.717, 1.165) is 0 Å². The van der Waals surface area contributed by atoms with Crippen LogP contribution in [0.25, 0.3) is 0 Å². The number of anilines is 1. The maximum Gasteiger partial charge on any atom is 0.221 e. The Bertz CT molecular complexity index is 415. The molecule has 1 unspecified atom stereocenters. The van der Waals surface area contributed by atoms with E-state index in [1.54, 1.807) is 38.1 Å². The molecule has 1 rings (SSSR count). The average Bonchev–Trinajstić information content (AvgIpc) is 2.29. The van der Waals surface area contributed by atoms with Crippen molar-refractivity contribution in [2.45, 2.75) is 33.3 Å². The highest BCUT2D eigenvalue weighted by Gasteiger charge is 2.14. The van der Waals surface area contributed by atoms with Gasteiger partial charge in [-0.15, -0.1) is 0 Å². The van der Waals surface area contributed by atoms with Crippen molar-refractivity contribution >= 4 is 17.4 Å². The SMILES string of the molecule is CCC(=O)C(C)Oc1ccccc1NC(C)=O. The molecule has 0 spiro atoms. The number of carbonyl (C=O) groups excluding carboxylic acids is 2. The first-order valence-corrected chi connectivity index (χ1v) is 5.60. The molecule has 0 aliphatic carbocycles. The Balaban J connectivity index is 2.83. The standard InChI is InChI=1S/C13H17NO3/c1-4-12(16)9(2)17-13-8-6-5-7-11(13)14-10(3)15/h5-9H,4H2,1-3H3,(H,14,15). The molecule has 0 aliphatic rings. The van der Waals surface area contributed by atoms with E-state index in [0.29, 0.717) is 17.9 Å². The number of Topliss-reactive ketones (excluding diaryl/α,β-unsaturated/α-hetero) is 1. The maximum atomic E-state index is 11.4. The Kier molecular flexibility index (Phi) is 4.69. The number of benzene rings is 1. The second-order valence-corrected chi connectivity index (χ2v) is 3.76. The van der Waals surface area contributed by atoms with Gasteiger partial charge in [0.05, 0.1) is 5.69 Å². The Labute approximate surface area is 101 Å². The number of ether oxygens (including phenoxy) is 1. The summed E-state index contributed by atoms with van der Waals surface area (Å²) < 4.78 is 5.53. The van der Waals surface area contributed by atoms with Crippen LogP contribution in [0.2, 0.25) is 0 Å². The number of para-hydroxylation sites is 2. The lowest BCUT2D eigenvalue weighted by Crippen LogP contribution is -2.23. The first kappa shape index (κ1) is 13.2. The van der Waals surface area contributed by atoms with E-state index in [-0.39, 0.29) is 11.7 Å². The van der Waals surface area contributed by atoms with Crippen molar-refractivity contribution in [3.63, 3.8) is 0 Å². The molecule has 4 nitrogen and oxygen atoms in total. The summed E-state index contributed by atoms with van der Waals surface area (Å²) in [4.78, 5) is 22.4. The maximum absolute atomic E-state index is 11.4. The van der Waals surface area contributed by atoms with Crippen LogP contribution < -0.4 is 10.1 Å². The van der Waals surface area contributed by atoms with Crippen molar-refractivity contribution in [1.29, 1.82) is 0 Å². The highest BCUT2D eigenvalue weighted by Crippen LogP contribution is 2.25. The van der Waals surface area contributed by atoms with Gasteiger partial charge in [0.2, 0.25) is 5.91 Å². The van der Waals surface area contributed by atoms with Gasteiger partial charge in [-0.3, -0.25) is 9.59 Å². The summed E-state index contributed by atoms with van der Waals surface area (Å²) in [6.45, 7) is 4.93. The van der Waals surface area contributed by atoms with Crippen LogP contribution in [0.1, 0.15) is 27.2 Å². The van der Waals surface area contributed by atoms with Crippen LogP contribution in [0.5, 0.6) is 5.75 Å². The number of hydrogen-bond donors (Lipinski definition) is 1. The quantitative estimate of drug-likeness (QED) is 0.852. The Morgan fingerprint density at radius 1 is 1.35 bits per heavy atom. The third-order valence-corrected chi connectivity index (χ3v) is 2.30. The van der Waals surface area contributed by atoms with Gasteiger partial charge < -0.3 is 10.1 Å². The molecule has 0 heterocycles. The number of amides is 1. The summed E-state index contributed by atoms with van der Waals surface area (Å²) in [6, 6.07) is 7.05. The van der Waals surface area contributed by atoms with Gasteiger partial charge >= 0.3 is 0 Å². The van der Waals surface area contributed by atoms with Crippen LogP contribution >= 0.6 is 0 Å². The molecule has 92 valence electrons. The second-order valence-electron chi connectivity index (χ2n) is 3.76. The molecule has 0 bridgehead atoms. The Morgan fingerprint density at radius 2 is 2.00 bits per heavy atom. The van der Waals surface area contributed by atoms with Crippen molar-refractivity contribution in [3.05, 3.63) is 24.3 Å². The van der Waals surface area contributed by atoms with Crippen molar-refractivity contribution in [2.75, 3.05) is 5.32 Å². The zero-order valence-electron chi connectivity index (χ0n) is 10.3. The zero-order chi connectivity index (χ0) is 12.8. The highest BCUT2D eigenvalue weighted by molar-refractivity contribution is 5.90. The molecule has 0 aliphatic heterocycles. The van der Waals surface area contributed by atoms with E-state index in [9.17, 15) is 9.59 Å². The van der Waals surface area contributed by atoms with E-state index in [1.165, 1.54) is 6.92 Å². The zero-order valence-corrected chi connectivity index (χ0v) is 10.3. The molecule has 17 heavy (non-hydrogen) atoms. The first-order chi connectivity index (χ1) is 8.04. The smallest absolute Gasteiger partial charge is 0.221 e. The first-order valence-electron chi connectivity index (χ1n) is 5.60.